The van der Waals surface area contributed by atoms with Crippen molar-refractivity contribution in [3.63, 3.8) is 0 Å². The molecule has 4 heteroatoms. The highest BCUT2D eigenvalue weighted by Crippen LogP contribution is 2.12. The van der Waals surface area contributed by atoms with Gasteiger partial charge in [0.1, 0.15) is 0 Å². The number of nitrogens with zero attached hydrogens (tertiary/aromatic N) is 2. The van der Waals surface area contributed by atoms with Gasteiger partial charge in [0, 0.05) is 36.6 Å². The second-order valence-corrected chi connectivity index (χ2v) is 4.32. The van der Waals surface area contributed by atoms with Gasteiger partial charge >= 0.3 is 0 Å². The summed E-state index contributed by atoms with van der Waals surface area (Å²) in [5.74, 6) is 0.0948. The van der Waals surface area contributed by atoms with Gasteiger partial charge in [0.25, 0.3) is 5.91 Å². The van der Waals surface area contributed by atoms with Gasteiger partial charge in [-0.15, -0.1) is 0 Å². The van der Waals surface area contributed by atoms with Gasteiger partial charge in [-0.1, -0.05) is 0 Å². The average molecular weight is 219 g/mol. The summed E-state index contributed by atoms with van der Waals surface area (Å²) in [6.07, 6.45) is 3.48. The van der Waals surface area contributed by atoms with Crippen LogP contribution in [0.5, 0.6) is 0 Å². The predicted octanol–water partition coefficient (Wildman–Crippen LogP) is 0.953. The summed E-state index contributed by atoms with van der Waals surface area (Å²) in [5, 5.41) is 0. The van der Waals surface area contributed by atoms with E-state index in [2.05, 4.69) is 4.98 Å². The van der Waals surface area contributed by atoms with Crippen LogP contribution in [0.15, 0.2) is 18.3 Å². The van der Waals surface area contributed by atoms with Crippen molar-refractivity contribution in [3.05, 3.63) is 29.6 Å². The molecule has 0 unspecified atom stereocenters. The van der Waals surface area contributed by atoms with Crippen LogP contribution < -0.4 is 5.73 Å². The first-order valence-corrected chi connectivity index (χ1v) is 5.64. The number of piperidine rings is 1. The van der Waals surface area contributed by atoms with E-state index in [4.69, 9.17) is 5.73 Å². The maximum atomic E-state index is 12.1. The summed E-state index contributed by atoms with van der Waals surface area (Å²) in [4.78, 5) is 18.1. The fourth-order valence-corrected chi connectivity index (χ4v) is 1.96. The Labute approximate surface area is 95.5 Å². The Morgan fingerprint density at radius 3 is 2.81 bits per heavy atom. The molecule has 4 nitrogen and oxygen atoms in total. The first-order valence-electron chi connectivity index (χ1n) is 5.64. The molecule has 1 fully saturated rings. The quantitative estimate of drug-likeness (QED) is 0.765. The molecular weight excluding hydrogens is 202 g/mol. The summed E-state index contributed by atoms with van der Waals surface area (Å²) in [6, 6.07) is 3.85. The highest BCUT2D eigenvalue weighted by molar-refractivity contribution is 5.94. The standard InChI is InChI=1S/C12H17N3O/c1-9-8-10(2-5-14-9)12(16)15-6-3-11(13)4-7-15/h2,5,8,11H,3-4,6-7,13H2,1H3. The minimum atomic E-state index is 0.0948. The van der Waals surface area contributed by atoms with Crippen molar-refractivity contribution < 1.29 is 4.79 Å². The first-order chi connectivity index (χ1) is 7.66. The maximum Gasteiger partial charge on any atom is 0.253 e. The Balaban J connectivity index is 2.08. The maximum absolute atomic E-state index is 12.1. The SMILES string of the molecule is Cc1cc(C(=O)N2CCC(N)CC2)ccn1. The van der Waals surface area contributed by atoms with Gasteiger partial charge < -0.3 is 10.6 Å². The molecule has 86 valence electrons. The van der Waals surface area contributed by atoms with Crippen molar-refractivity contribution in [2.45, 2.75) is 25.8 Å². The van der Waals surface area contributed by atoms with Crippen LogP contribution in [0.3, 0.4) is 0 Å². The molecule has 2 rings (SSSR count). The van der Waals surface area contributed by atoms with E-state index in [1.54, 1.807) is 12.3 Å². The lowest BCUT2D eigenvalue weighted by atomic mass is 10.1. The molecule has 2 heterocycles. The van der Waals surface area contributed by atoms with E-state index in [0.29, 0.717) is 0 Å². The van der Waals surface area contributed by atoms with Gasteiger partial charge in [-0.2, -0.15) is 0 Å². The number of hydrogen-bond acceptors (Lipinski definition) is 3. The highest BCUT2D eigenvalue weighted by atomic mass is 16.2. The molecule has 0 atom stereocenters. The molecular formula is C12H17N3O. The van der Waals surface area contributed by atoms with Gasteiger partial charge in [0.05, 0.1) is 0 Å². The predicted molar refractivity (Wildman–Crippen MR) is 62.1 cm³/mol. The molecule has 0 saturated carbocycles. The van der Waals surface area contributed by atoms with Crippen molar-refractivity contribution in [3.8, 4) is 0 Å². The van der Waals surface area contributed by atoms with E-state index in [1.165, 1.54) is 0 Å². The molecule has 1 amide bonds. The molecule has 0 aliphatic carbocycles. The van der Waals surface area contributed by atoms with Crippen molar-refractivity contribution in [2.24, 2.45) is 5.73 Å². The molecule has 1 aromatic rings. The fourth-order valence-electron chi connectivity index (χ4n) is 1.96. The van der Waals surface area contributed by atoms with E-state index >= 15 is 0 Å². The second kappa shape index (κ2) is 4.61. The number of likely N-dealkylation sites (tertiary alicyclic amines) is 1. The zero-order chi connectivity index (χ0) is 11.5. The summed E-state index contributed by atoms with van der Waals surface area (Å²) in [6.45, 7) is 3.42. The third-order valence-corrected chi connectivity index (χ3v) is 2.97. The van der Waals surface area contributed by atoms with Crippen LogP contribution in [0.25, 0.3) is 0 Å². The highest BCUT2D eigenvalue weighted by Gasteiger charge is 2.21. The Hall–Kier alpha value is -1.42. The summed E-state index contributed by atoms with van der Waals surface area (Å²) in [7, 11) is 0. The lowest BCUT2D eigenvalue weighted by molar-refractivity contribution is 0.0714. The lowest BCUT2D eigenvalue weighted by Gasteiger charge is -2.30. The molecule has 0 bridgehead atoms. The lowest BCUT2D eigenvalue weighted by Crippen LogP contribution is -2.42. The van der Waals surface area contributed by atoms with Crippen molar-refractivity contribution >= 4 is 5.91 Å². The number of amides is 1. The van der Waals surface area contributed by atoms with Crippen LogP contribution >= 0.6 is 0 Å². The molecule has 2 N–H and O–H groups in total. The van der Waals surface area contributed by atoms with Crippen LogP contribution in [0, 0.1) is 6.92 Å². The Morgan fingerprint density at radius 1 is 1.50 bits per heavy atom. The minimum Gasteiger partial charge on any atom is -0.339 e. The van der Waals surface area contributed by atoms with Crippen LogP contribution in [0.4, 0.5) is 0 Å². The van der Waals surface area contributed by atoms with E-state index in [1.807, 2.05) is 17.9 Å². The van der Waals surface area contributed by atoms with Crippen LogP contribution in [-0.4, -0.2) is 34.9 Å². The molecule has 0 spiro atoms. The Morgan fingerprint density at radius 2 is 2.19 bits per heavy atom. The molecule has 0 radical (unpaired) electrons. The minimum absolute atomic E-state index is 0.0948. The summed E-state index contributed by atoms with van der Waals surface area (Å²) in [5.41, 5.74) is 7.41. The monoisotopic (exact) mass is 219 g/mol. The second-order valence-electron chi connectivity index (χ2n) is 4.32. The van der Waals surface area contributed by atoms with Gasteiger partial charge in [-0.05, 0) is 31.9 Å². The molecule has 1 aliphatic heterocycles. The number of aryl methyl sites for hydroxylation is 1. The van der Waals surface area contributed by atoms with Gasteiger partial charge in [-0.25, -0.2) is 0 Å². The van der Waals surface area contributed by atoms with Gasteiger partial charge in [-0.3, -0.25) is 9.78 Å². The van der Waals surface area contributed by atoms with E-state index < -0.39 is 0 Å². The number of carbonyl (C=O) groups is 1. The molecule has 1 aromatic heterocycles. The number of aromatic nitrogens is 1. The van der Waals surface area contributed by atoms with E-state index in [9.17, 15) is 4.79 Å². The topological polar surface area (TPSA) is 59.2 Å². The van der Waals surface area contributed by atoms with Crippen molar-refractivity contribution in [1.82, 2.24) is 9.88 Å². The molecule has 16 heavy (non-hydrogen) atoms. The molecule has 1 aliphatic rings. The van der Waals surface area contributed by atoms with Gasteiger partial charge in [0.15, 0.2) is 0 Å². The fraction of sp³-hybridized carbons (Fsp3) is 0.500. The largest absolute Gasteiger partial charge is 0.339 e. The zero-order valence-corrected chi connectivity index (χ0v) is 9.52. The normalized spacial score (nSPS) is 17.5. The van der Waals surface area contributed by atoms with Crippen LogP contribution in [0.1, 0.15) is 28.9 Å². The van der Waals surface area contributed by atoms with Gasteiger partial charge in [0.2, 0.25) is 0 Å². The van der Waals surface area contributed by atoms with Crippen LogP contribution in [0.2, 0.25) is 0 Å². The molecule has 0 aromatic carbocycles. The molecule has 1 saturated heterocycles. The summed E-state index contributed by atoms with van der Waals surface area (Å²) < 4.78 is 0. The number of pyridine rings is 1. The number of rotatable bonds is 1. The smallest absolute Gasteiger partial charge is 0.253 e. The average Bonchev–Trinajstić information content (AvgIpc) is 2.29. The third kappa shape index (κ3) is 2.39. The van der Waals surface area contributed by atoms with E-state index in [0.717, 1.165) is 37.2 Å². The third-order valence-electron chi connectivity index (χ3n) is 2.97. The summed E-state index contributed by atoms with van der Waals surface area (Å²) >= 11 is 0. The van der Waals surface area contributed by atoms with Crippen LogP contribution in [-0.2, 0) is 0 Å². The number of nitrogens with two attached hydrogens (primary N) is 1. The van der Waals surface area contributed by atoms with Crippen molar-refractivity contribution in [1.29, 1.82) is 0 Å². The zero-order valence-electron chi connectivity index (χ0n) is 9.52. The number of hydrogen-bond donors (Lipinski definition) is 1. The van der Waals surface area contributed by atoms with Crippen molar-refractivity contribution in [2.75, 3.05) is 13.1 Å². The van der Waals surface area contributed by atoms with E-state index in [-0.39, 0.29) is 11.9 Å². The Kier molecular flexibility index (Phi) is 3.19. The first kappa shape index (κ1) is 11.1. The Bertz CT molecular complexity index is 384. The number of carbonyl (C=O) groups excluding carboxylic acids is 1.